The Morgan fingerprint density at radius 2 is 2.32 bits per heavy atom. The van der Waals surface area contributed by atoms with Gasteiger partial charge in [0.1, 0.15) is 5.82 Å². The summed E-state index contributed by atoms with van der Waals surface area (Å²) in [5.41, 5.74) is 4.95. The average molecular weight is 397 g/mol. The standard InChI is InChI=1S/C15H20ClF3N4OS/c1-25-5-3-12(20)14(24)22-10-2-4-23(8-10)13-11(16)6-9(7-21-13)15(17,18)19/h6-7,10,12H,2-5,8,20H2,1H3,(H,22,24)/t10?,12-/m0/s1. The fourth-order valence-electron chi connectivity index (χ4n) is 2.57. The first-order chi connectivity index (χ1) is 11.7. The summed E-state index contributed by atoms with van der Waals surface area (Å²) in [5, 5.41) is 2.82. The number of nitrogens with zero attached hydrogens (tertiary/aromatic N) is 2. The normalized spacial score (nSPS) is 19.1. The lowest BCUT2D eigenvalue weighted by molar-refractivity contribution is -0.137. The number of thioether (sulfide) groups is 1. The summed E-state index contributed by atoms with van der Waals surface area (Å²) in [6.07, 6.45) is -0.523. The van der Waals surface area contributed by atoms with Crippen molar-refractivity contribution in [1.82, 2.24) is 10.3 Å². The molecule has 0 radical (unpaired) electrons. The fraction of sp³-hybridized carbons (Fsp3) is 0.600. The number of rotatable bonds is 6. The van der Waals surface area contributed by atoms with Gasteiger partial charge in [-0.1, -0.05) is 11.6 Å². The van der Waals surface area contributed by atoms with Gasteiger partial charge in [-0.15, -0.1) is 0 Å². The van der Waals surface area contributed by atoms with E-state index in [4.69, 9.17) is 17.3 Å². The second-order valence-electron chi connectivity index (χ2n) is 5.86. The first kappa shape index (κ1) is 20.1. The van der Waals surface area contributed by atoms with Crippen molar-refractivity contribution >= 4 is 35.1 Å². The average Bonchev–Trinajstić information content (AvgIpc) is 2.99. The van der Waals surface area contributed by atoms with Crippen LogP contribution in [-0.4, -0.2) is 48.1 Å². The van der Waals surface area contributed by atoms with Crippen LogP contribution in [0.15, 0.2) is 12.3 Å². The summed E-state index contributed by atoms with van der Waals surface area (Å²) in [6, 6.07) is 0.177. The molecule has 0 spiro atoms. The molecule has 1 aromatic heterocycles. The molecular weight excluding hydrogens is 377 g/mol. The zero-order valence-electron chi connectivity index (χ0n) is 13.6. The minimum absolute atomic E-state index is 0.0570. The molecule has 1 saturated heterocycles. The molecule has 140 valence electrons. The van der Waals surface area contributed by atoms with Crippen LogP contribution >= 0.6 is 23.4 Å². The molecule has 0 saturated carbocycles. The van der Waals surface area contributed by atoms with Crippen LogP contribution in [-0.2, 0) is 11.0 Å². The summed E-state index contributed by atoms with van der Waals surface area (Å²) in [5.74, 6) is 0.877. The van der Waals surface area contributed by atoms with E-state index in [0.717, 1.165) is 18.0 Å². The van der Waals surface area contributed by atoms with Gasteiger partial charge in [-0.25, -0.2) is 4.98 Å². The molecule has 1 aliphatic heterocycles. The first-order valence-corrected chi connectivity index (χ1v) is 9.52. The number of hydrogen-bond donors (Lipinski definition) is 2. The number of pyridine rings is 1. The second kappa shape index (κ2) is 8.46. The van der Waals surface area contributed by atoms with Crippen LogP contribution in [0.2, 0.25) is 5.02 Å². The topological polar surface area (TPSA) is 71.2 Å². The number of carbonyl (C=O) groups is 1. The molecule has 0 bridgehead atoms. The van der Waals surface area contributed by atoms with E-state index < -0.39 is 17.8 Å². The van der Waals surface area contributed by atoms with Crippen LogP contribution in [0.25, 0.3) is 0 Å². The van der Waals surface area contributed by atoms with E-state index in [2.05, 4.69) is 10.3 Å². The lowest BCUT2D eigenvalue weighted by Crippen LogP contribution is -2.46. The number of aromatic nitrogens is 1. The lowest BCUT2D eigenvalue weighted by Gasteiger charge is -2.20. The number of carbonyl (C=O) groups excluding carboxylic acids is 1. The predicted molar refractivity (Wildman–Crippen MR) is 94.0 cm³/mol. The summed E-state index contributed by atoms with van der Waals surface area (Å²) in [4.78, 5) is 17.7. The molecule has 2 atom stereocenters. The van der Waals surface area contributed by atoms with E-state index >= 15 is 0 Å². The van der Waals surface area contributed by atoms with Gasteiger partial charge in [0.05, 0.1) is 16.6 Å². The van der Waals surface area contributed by atoms with Crippen molar-refractivity contribution in [1.29, 1.82) is 0 Å². The minimum atomic E-state index is -4.48. The molecule has 2 rings (SSSR count). The maximum Gasteiger partial charge on any atom is 0.417 e. The maximum atomic E-state index is 12.7. The summed E-state index contributed by atoms with van der Waals surface area (Å²) in [7, 11) is 0. The molecule has 1 unspecified atom stereocenters. The first-order valence-electron chi connectivity index (χ1n) is 7.75. The Morgan fingerprint density at radius 1 is 1.60 bits per heavy atom. The van der Waals surface area contributed by atoms with Crippen LogP contribution in [0.5, 0.6) is 0 Å². The monoisotopic (exact) mass is 396 g/mol. The summed E-state index contributed by atoms with van der Waals surface area (Å²) in [6.45, 7) is 0.974. The third-order valence-electron chi connectivity index (χ3n) is 3.95. The smallest absolute Gasteiger partial charge is 0.353 e. The Morgan fingerprint density at radius 3 is 2.92 bits per heavy atom. The molecule has 0 aliphatic carbocycles. The van der Waals surface area contributed by atoms with Crippen molar-refractivity contribution in [3.63, 3.8) is 0 Å². The second-order valence-corrected chi connectivity index (χ2v) is 7.25. The Labute approximate surface area is 153 Å². The van der Waals surface area contributed by atoms with E-state index in [1.807, 2.05) is 6.26 Å². The molecule has 0 aromatic carbocycles. The molecule has 3 N–H and O–H groups in total. The largest absolute Gasteiger partial charge is 0.417 e. The van der Waals surface area contributed by atoms with Gasteiger partial charge in [-0.05, 0) is 30.9 Å². The zero-order chi connectivity index (χ0) is 18.6. The Balaban J connectivity index is 1.95. The fourth-order valence-corrected chi connectivity index (χ4v) is 3.35. The van der Waals surface area contributed by atoms with Crippen molar-refractivity contribution < 1.29 is 18.0 Å². The SMILES string of the molecule is CSCC[C@H](N)C(=O)NC1CCN(c2ncc(C(F)(F)F)cc2Cl)C1. The van der Waals surface area contributed by atoms with Gasteiger partial charge in [0.15, 0.2) is 0 Å². The van der Waals surface area contributed by atoms with Gasteiger partial charge < -0.3 is 16.0 Å². The van der Waals surface area contributed by atoms with Crippen LogP contribution < -0.4 is 16.0 Å². The highest BCUT2D eigenvalue weighted by atomic mass is 35.5. The molecule has 1 aliphatic rings. The van der Waals surface area contributed by atoms with Gasteiger partial charge in [0.25, 0.3) is 0 Å². The van der Waals surface area contributed by atoms with Crippen molar-refractivity contribution in [3.05, 3.63) is 22.8 Å². The number of nitrogens with one attached hydrogen (secondary N) is 1. The molecule has 10 heteroatoms. The summed E-state index contributed by atoms with van der Waals surface area (Å²) >= 11 is 7.58. The number of alkyl halides is 3. The predicted octanol–water partition coefficient (Wildman–Crippen LogP) is 2.53. The summed E-state index contributed by atoms with van der Waals surface area (Å²) < 4.78 is 38.0. The van der Waals surface area contributed by atoms with Gasteiger partial charge in [-0.3, -0.25) is 4.79 Å². The van der Waals surface area contributed by atoms with Gasteiger partial charge in [-0.2, -0.15) is 24.9 Å². The van der Waals surface area contributed by atoms with Gasteiger partial charge >= 0.3 is 6.18 Å². The van der Waals surface area contributed by atoms with Crippen LogP contribution in [0.4, 0.5) is 19.0 Å². The Kier molecular flexibility index (Phi) is 6.81. The maximum absolute atomic E-state index is 12.7. The highest BCUT2D eigenvalue weighted by Crippen LogP contribution is 2.34. The van der Waals surface area contributed by atoms with E-state index in [9.17, 15) is 18.0 Å². The van der Waals surface area contributed by atoms with Crippen molar-refractivity contribution in [2.75, 3.05) is 30.0 Å². The van der Waals surface area contributed by atoms with Crippen LogP contribution in [0.3, 0.4) is 0 Å². The van der Waals surface area contributed by atoms with Crippen LogP contribution in [0, 0.1) is 0 Å². The Hall–Kier alpha value is -1.19. The lowest BCUT2D eigenvalue weighted by atomic mass is 10.2. The van der Waals surface area contributed by atoms with Crippen molar-refractivity contribution in [2.45, 2.75) is 31.1 Å². The molecule has 5 nitrogen and oxygen atoms in total. The van der Waals surface area contributed by atoms with Crippen LogP contribution in [0.1, 0.15) is 18.4 Å². The van der Waals surface area contributed by atoms with Gasteiger partial charge in [0.2, 0.25) is 5.91 Å². The third kappa shape index (κ3) is 5.39. The van der Waals surface area contributed by atoms with Crippen molar-refractivity contribution in [2.24, 2.45) is 5.73 Å². The van der Waals surface area contributed by atoms with Crippen molar-refractivity contribution in [3.8, 4) is 0 Å². The molecule has 1 aromatic rings. The van der Waals surface area contributed by atoms with Gasteiger partial charge in [0, 0.05) is 25.3 Å². The molecule has 2 heterocycles. The van der Waals surface area contributed by atoms with E-state index in [0.29, 0.717) is 25.9 Å². The molecule has 1 fully saturated rings. The minimum Gasteiger partial charge on any atom is -0.353 e. The molecule has 25 heavy (non-hydrogen) atoms. The van der Waals surface area contributed by atoms with E-state index in [1.54, 1.807) is 16.7 Å². The van der Waals surface area contributed by atoms with E-state index in [-0.39, 0.29) is 22.8 Å². The highest BCUT2D eigenvalue weighted by molar-refractivity contribution is 7.98. The Bertz CT molecular complexity index is 617. The number of halogens is 4. The zero-order valence-corrected chi connectivity index (χ0v) is 15.2. The number of hydrogen-bond acceptors (Lipinski definition) is 5. The number of amides is 1. The quantitative estimate of drug-likeness (QED) is 0.773. The van der Waals surface area contributed by atoms with E-state index in [1.165, 1.54) is 0 Å². The number of anilines is 1. The molecule has 1 amide bonds. The third-order valence-corrected chi connectivity index (χ3v) is 4.88. The number of nitrogens with two attached hydrogens (primary N) is 1. The molecular formula is C15H20ClF3N4OS. The highest BCUT2D eigenvalue weighted by Gasteiger charge is 2.33.